The molecule has 0 spiro atoms. The van der Waals surface area contributed by atoms with Crippen molar-refractivity contribution in [3.8, 4) is 0 Å². The van der Waals surface area contributed by atoms with Crippen LogP contribution >= 0.6 is 0 Å². The lowest BCUT2D eigenvalue weighted by molar-refractivity contribution is -0.123. The highest BCUT2D eigenvalue weighted by atomic mass is 16.6. The van der Waals surface area contributed by atoms with E-state index in [1.165, 1.54) is 6.34 Å². The summed E-state index contributed by atoms with van der Waals surface area (Å²) in [5.41, 5.74) is 8.20. The predicted octanol–water partition coefficient (Wildman–Crippen LogP) is 0.378. The maximum atomic E-state index is 11.6. The molecule has 2 amide bonds. The number of hydrogen-bond acceptors (Lipinski definition) is 7. The van der Waals surface area contributed by atoms with Gasteiger partial charge in [0.2, 0.25) is 0 Å². The highest BCUT2D eigenvalue weighted by Crippen LogP contribution is 1.98. The fourth-order valence-corrected chi connectivity index (χ4v) is 2.44. The maximum Gasteiger partial charge on any atom is 0.407 e. The molecule has 0 radical (unpaired) electrons. The van der Waals surface area contributed by atoms with E-state index in [4.69, 9.17) is 16.3 Å². The Kier molecular flexibility index (Phi) is 19.4. The number of hydrogen-bond donors (Lipinski definition) is 6. The molecule has 0 aliphatic rings. The number of nitrogens with one attached hydrogen (secondary N) is 4. The van der Waals surface area contributed by atoms with E-state index in [0.29, 0.717) is 13.1 Å². The average molecular weight is 416 g/mol. The van der Waals surface area contributed by atoms with Gasteiger partial charge in [0.25, 0.3) is 5.91 Å². The molecule has 1 atom stereocenters. The first-order chi connectivity index (χ1) is 14.1. The van der Waals surface area contributed by atoms with Crippen molar-refractivity contribution < 1.29 is 14.3 Å². The molecule has 0 fully saturated rings. The van der Waals surface area contributed by atoms with Crippen LogP contribution in [0.4, 0.5) is 4.79 Å². The number of nitrogens with two attached hydrogens (primary N) is 2. The molecule has 0 bridgehead atoms. The number of unbranched alkanes of at least 4 members (excludes halogenated alkanes) is 4. The zero-order valence-corrected chi connectivity index (χ0v) is 17.9. The molecule has 0 rings (SSSR count). The maximum absolute atomic E-state index is 11.6. The van der Waals surface area contributed by atoms with Crippen LogP contribution in [-0.2, 0) is 9.53 Å². The summed E-state index contributed by atoms with van der Waals surface area (Å²) in [6, 6.07) is 0.265. The van der Waals surface area contributed by atoms with E-state index in [-0.39, 0.29) is 18.6 Å². The van der Waals surface area contributed by atoms with Crippen LogP contribution in [0.2, 0.25) is 0 Å². The van der Waals surface area contributed by atoms with Crippen molar-refractivity contribution in [2.45, 2.75) is 64.3 Å². The van der Waals surface area contributed by atoms with Crippen molar-refractivity contribution in [3.05, 3.63) is 0 Å². The smallest absolute Gasteiger partial charge is 0.407 e. The van der Waals surface area contributed by atoms with Gasteiger partial charge in [0, 0.05) is 25.7 Å². The lowest BCUT2D eigenvalue weighted by atomic mass is 10.2. The predicted molar refractivity (Wildman–Crippen MR) is 116 cm³/mol. The quantitative estimate of drug-likeness (QED) is 0.0585. The molecular formula is C19H41N7O3. The molecule has 0 saturated carbocycles. The number of ether oxygens (including phenoxy) is 1. The topological polar surface area (TPSA) is 156 Å². The molecule has 0 aromatic carbocycles. The summed E-state index contributed by atoms with van der Waals surface area (Å²) >= 11 is 0. The minimum atomic E-state index is -0.561. The first kappa shape index (κ1) is 27.1. The lowest BCUT2D eigenvalue weighted by Crippen LogP contribution is -2.33. The van der Waals surface area contributed by atoms with Gasteiger partial charge in [-0.1, -0.05) is 19.8 Å². The van der Waals surface area contributed by atoms with E-state index in [1.54, 1.807) is 0 Å². The van der Waals surface area contributed by atoms with Gasteiger partial charge in [0.05, 0.1) is 6.34 Å². The monoisotopic (exact) mass is 415 g/mol. The number of alkyl carbamates (subject to hydrolysis) is 1. The summed E-state index contributed by atoms with van der Waals surface area (Å²) in [6.07, 6.45) is 8.61. The number of hydrazine groups is 1. The first-order valence-electron chi connectivity index (χ1n) is 10.7. The van der Waals surface area contributed by atoms with Gasteiger partial charge < -0.3 is 31.8 Å². The molecule has 29 heavy (non-hydrogen) atoms. The highest BCUT2D eigenvalue weighted by Gasteiger charge is 2.06. The van der Waals surface area contributed by atoms with Crippen molar-refractivity contribution in [1.29, 1.82) is 0 Å². The fraction of sp³-hybridized carbons (Fsp3) is 0.842. The largest absolute Gasteiger partial charge is 0.439 e. The minimum absolute atomic E-state index is 0.258. The van der Waals surface area contributed by atoms with E-state index in [9.17, 15) is 9.59 Å². The molecule has 170 valence electrons. The Labute approximate surface area is 174 Å². The van der Waals surface area contributed by atoms with Gasteiger partial charge in [-0.3, -0.25) is 9.79 Å². The summed E-state index contributed by atoms with van der Waals surface area (Å²) in [4.78, 5) is 27.2. The van der Waals surface area contributed by atoms with Crippen LogP contribution in [0.25, 0.3) is 0 Å². The number of amides is 2. The van der Waals surface area contributed by atoms with Gasteiger partial charge in [0.1, 0.15) is 0 Å². The number of carbonyl (C=O) groups is 2. The number of rotatable bonds is 19. The molecule has 0 aliphatic carbocycles. The van der Waals surface area contributed by atoms with E-state index in [2.05, 4.69) is 33.3 Å². The van der Waals surface area contributed by atoms with Crippen LogP contribution in [0.1, 0.15) is 58.3 Å². The van der Waals surface area contributed by atoms with Gasteiger partial charge in [-0.15, -0.1) is 0 Å². The molecule has 0 aliphatic heterocycles. The van der Waals surface area contributed by atoms with Crippen molar-refractivity contribution >= 4 is 18.3 Å². The van der Waals surface area contributed by atoms with Gasteiger partial charge in [-0.2, -0.15) is 0 Å². The van der Waals surface area contributed by atoms with Gasteiger partial charge in [0.15, 0.2) is 6.61 Å². The number of aliphatic imine (C=N–C) groups is 1. The van der Waals surface area contributed by atoms with Crippen LogP contribution < -0.4 is 33.0 Å². The Morgan fingerprint density at radius 3 is 2.45 bits per heavy atom. The van der Waals surface area contributed by atoms with E-state index in [1.807, 2.05) is 0 Å². The van der Waals surface area contributed by atoms with Crippen LogP contribution in [0, 0.1) is 0 Å². The van der Waals surface area contributed by atoms with E-state index in [0.717, 1.165) is 71.0 Å². The minimum Gasteiger partial charge on any atom is -0.439 e. The van der Waals surface area contributed by atoms with E-state index >= 15 is 0 Å². The fourth-order valence-electron chi connectivity index (χ4n) is 2.44. The van der Waals surface area contributed by atoms with Crippen molar-refractivity contribution in [1.82, 2.24) is 21.4 Å². The van der Waals surface area contributed by atoms with Crippen molar-refractivity contribution in [2.24, 2.45) is 16.6 Å². The Balaban J connectivity index is 3.38. The second-order valence-electron chi connectivity index (χ2n) is 6.88. The average Bonchev–Trinajstić information content (AvgIpc) is 2.72. The summed E-state index contributed by atoms with van der Waals surface area (Å²) in [6.45, 7) is 5.49. The third kappa shape index (κ3) is 20.6. The zero-order chi connectivity index (χ0) is 21.6. The molecule has 1 unspecified atom stereocenters. The standard InChI is InChI=1S/C19H41N7O3/c1-2-17(20)9-14-22-10-7-8-13-25-19(28)29-15-18(27)24-12-6-4-3-5-11-23-16-26-21/h16-17,22H,2-15,20-21H2,1H3,(H,23,26)(H,24,27)(H,25,28). The summed E-state index contributed by atoms with van der Waals surface area (Å²) < 4.78 is 4.90. The molecule has 0 aromatic rings. The lowest BCUT2D eigenvalue weighted by Gasteiger charge is -2.10. The Bertz CT molecular complexity index is 436. The van der Waals surface area contributed by atoms with Crippen LogP contribution in [-0.4, -0.2) is 63.7 Å². The summed E-state index contributed by atoms with van der Waals surface area (Å²) in [5.74, 6) is 4.78. The van der Waals surface area contributed by atoms with Crippen LogP contribution in [0.3, 0.4) is 0 Å². The summed E-state index contributed by atoms with van der Waals surface area (Å²) in [5, 5.41) is 8.72. The van der Waals surface area contributed by atoms with Crippen LogP contribution in [0.5, 0.6) is 0 Å². The molecule has 8 N–H and O–H groups in total. The second-order valence-corrected chi connectivity index (χ2v) is 6.88. The Morgan fingerprint density at radius 2 is 1.69 bits per heavy atom. The van der Waals surface area contributed by atoms with Crippen LogP contribution in [0.15, 0.2) is 4.99 Å². The Morgan fingerprint density at radius 1 is 1.00 bits per heavy atom. The second kappa shape index (κ2) is 20.8. The number of carbonyl (C=O) groups excluding carboxylic acids is 2. The molecule has 0 saturated heterocycles. The van der Waals surface area contributed by atoms with E-state index < -0.39 is 6.09 Å². The van der Waals surface area contributed by atoms with Gasteiger partial charge in [-0.05, 0) is 51.6 Å². The molecular weight excluding hydrogens is 374 g/mol. The normalized spacial score (nSPS) is 12.0. The van der Waals surface area contributed by atoms with Gasteiger partial charge >= 0.3 is 6.09 Å². The highest BCUT2D eigenvalue weighted by molar-refractivity contribution is 5.79. The Hall–Kier alpha value is -1.91. The SMILES string of the molecule is CCC(N)CCNCCCCNC(=O)OCC(=O)NCCCCCCN=CNN. The molecule has 0 heterocycles. The van der Waals surface area contributed by atoms with Gasteiger partial charge in [-0.25, -0.2) is 10.6 Å². The molecule has 10 nitrogen and oxygen atoms in total. The first-order valence-corrected chi connectivity index (χ1v) is 10.7. The molecule has 10 heteroatoms. The number of nitrogens with zero attached hydrogens (tertiary/aromatic N) is 1. The third-order valence-corrected chi connectivity index (χ3v) is 4.30. The van der Waals surface area contributed by atoms with Crippen molar-refractivity contribution in [2.75, 3.05) is 39.3 Å². The van der Waals surface area contributed by atoms with Crippen molar-refractivity contribution in [3.63, 3.8) is 0 Å². The summed E-state index contributed by atoms with van der Waals surface area (Å²) in [7, 11) is 0. The molecule has 0 aromatic heterocycles. The third-order valence-electron chi connectivity index (χ3n) is 4.30. The zero-order valence-electron chi connectivity index (χ0n) is 17.9.